The summed E-state index contributed by atoms with van der Waals surface area (Å²) in [4.78, 5) is 23.1. The van der Waals surface area contributed by atoms with E-state index in [-0.39, 0.29) is 12.4 Å². The fraction of sp³-hybridized carbons (Fsp3) is 0.368. The Hall–Kier alpha value is -3.16. The van der Waals surface area contributed by atoms with Crippen molar-refractivity contribution in [1.82, 2.24) is 20.4 Å². The number of hydrogen-bond donors (Lipinski definition) is 1. The highest BCUT2D eigenvalue weighted by atomic mass is 16.5. The second-order valence-corrected chi connectivity index (χ2v) is 6.57. The van der Waals surface area contributed by atoms with Gasteiger partial charge in [-0.05, 0) is 50.5 Å². The lowest BCUT2D eigenvalue weighted by Crippen LogP contribution is -2.30. The maximum Gasteiger partial charge on any atom is 0.316 e. The third-order valence-electron chi connectivity index (χ3n) is 4.52. The Balaban J connectivity index is 1.44. The molecule has 0 atom stereocenters. The number of amides is 1. The zero-order chi connectivity index (χ0) is 18.6. The first-order valence-electron chi connectivity index (χ1n) is 9.07. The van der Waals surface area contributed by atoms with Crippen molar-refractivity contribution in [3.63, 3.8) is 0 Å². The molecule has 8 nitrogen and oxygen atoms in total. The Labute approximate surface area is 156 Å². The molecule has 1 saturated heterocycles. The van der Waals surface area contributed by atoms with E-state index in [1.807, 2.05) is 31.2 Å². The number of anilines is 1. The molecule has 1 fully saturated rings. The normalized spacial score (nSPS) is 14.3. The van der Waals surface area contributed by atoms with Crippen LogP contribution in [0.2, 0.25) is 0 Å². The fourth-order valence-electron chi connectivity index (χ4n) is 3.11. The number of nitrogens with zero attached hydrogens (tertiary/aromatic N) is 4. The molecule has 3 aromatic heterocycles. The molecule has 4 heterocycles. The largest absolute Gasteiger partial charge is 0.465 e. The summed E-state index contributed by atoms with van der Waals surface area (Å²) in [5, 5.41) is 6.64. The van der Waals surface area contributed by atoms with Crippen molar-refractivity contribution in [3.8, 4) is 11.4 Å². The van der Waals surface area contributed by atoms with Gasteiger partial charge in [-0.2, -0.15) is 4.98 Å². The van der Waals surface area contributed by atoms with Crippen molar-refractivity contribution < 1.29 is 13.7 Å². The quantitative estimate of drug-likeness (QED) is 0.740. The van der Waals surface area contributed by atoms with Gasteiger partial charge in [0.25, 0.3) is 0 Å². The lowest BCUT2D eigenvalue weighted by atomic mass is 10.1. The van der Waals surface area contributed by atoms with E-state index >= 15 is 0 Å². The van der Waals surface area contributed by atoms with Crippen LogP contribution in [-0.4, -0.2) is 34.1 Å². The Morgan fingerprint density at radius 2 is 2.07 bits per heavy atom. The molecule has 27 heavy (non-hydrogen) atoms. The third kappa shape index (κ3) is 3.99. The van der Waals surface area contributed by atoms with Crippen LogP contribution in [0.15, 0.2) is 39.4 Å². The van der Waals surface area contributed by atoms with Gasteiger partial charge in [-0.15, -0.1) is 0 Å². The molecule has 0 unspecified atom stereocenters. The first-order valence-corrected chi connectivity index (χ1v) is 9.07. The molecule has 1 aliphatic heterocycles. The molecule has 1 N–H and O–H groups in total. The van der Waals surface area contributed by atoms with Crippen LogP contribution in [0, 0.1) is 6.92 Å². The maximum absolute atomic E-state index is 12.2. The van der Waals surface area contributed by atoms with Gasteiger partial charge in [-0.25, -0.2) is 4.98 Å². The van der Waals surface area contributed by atoms with E-state index < -0.39 is 5.91 Å². The minimum absolute atomic E-state index is 0.0791. The highest BCUT2D eigenvalue weighted by molar-refractivity contribution is 5.89. The number of pyridine rings is 1. The number of aryl methyl sites for hydroxylation is 1. The zero-order valence-electron chi connectivity index (χ0n) is 15.1. The Bertz CT molecular complexity index is 927. The van der Waals surface area contributed by atoms with Crippen LogP contribution in [0.3, 0.4) is 0 Å². The summed E-state index contributed by atoms with van der Waals surface area (Å²) >= 11 is 0. The minimum atomic E-state index is -0.437. The van der Waals surface area contributed by atoms with Crippen molar-refractivity contribution in [2.75, 3.05) is 18.0 Å². The summed E-state index contributed by atoms with van der Waals surface area (Å²) in [6.45, 7) is 4.12. The molecule has 0 radical (unpaired) electrons. The van der Waals surface area contributed by atoms with E-state index in [2.05, 4.69) is 25.3 Å². The van der Waals surface area contributed by atoms with Gasteiger partial charge in [-0.3, -0.25) is 4.79 Å². The third-order valence-corrected chi connectivity index (χ3v) is 4.52. The second-order valence-electron chi connectivity index (χ2n) is 6.57. The molecule has 8 heteroatoms. The van der Waals surface area contributed by atoms with Crippen LogP contribution >= 0.6 is 0 Å². The number of hydrogen-bond acceptors (Lipinski definition) is 7. The van der Waals surface area contributed by atoms with Crippen LogP contribution in [0.1, 0.15) is 41.5 Å². The number of nitrogens with one attached hydrogen (secondary N) is 1. The molecule has 0 saturated carbocycles. The minimum Gasteiger partial charge on any atom is -0.465 e. The maximum atomic E-state index is 12.2. The number of furan rings is 1. The van der Waals surface area contributed by atoms with Crippen molar-refractivity contribution in [3.05, 3.63) is 47.9 Å². The van der Waals surface area contributed by atoms with Crippen molar-refractivity contribution in [2.24, 2.45) is 0 Å². The standard InChI is InChI=1S/C19H21N5O3/c1-13-5-6-15(26-13)12-21-18(25)19-22-17(23-27-19)14-7-8-20-16(11-14)24-9-3-2-4-10-24/h5-8,11H,2-4,9-10,12H2,1H3,(H,21,25). The van der Waals surface area contributed by atoms with E-state index in [9.17, 15) is 4.79 Å². The summed E-state index contributed by atoms with van der Waals surface area (Å²) in [6, 6.07) is 7.40. The van der Waals surface area contributed by atoms with Gasteiger partial charge in [-0.1, -0.05) is 5.16 Å². The molecule has 1 amide bonds. The van der Waals surface area contributed by atoms with Gasteiger partial charge in [0, 0.05) is 24.8 Å². The lowest BCUT2D eigenvalue weighted by molar-refractivity contribution is 0.0904. The molecule has 0 spiro atoms. The number of rotatable bonds is 5. The molecule has 0 bridgehead atoms. The van der Waals surface area contributed by atoms with Gasteiger partial charge in [0.1, 0.15) is 17.3 Å². The van der Waals surface area contributed by atoms with Gasteiger partial charge >= 0.3 is 11.8 Å². The van der Waals surface area contributed by atoms with E-state index in [1.54, 1.807) is 6.20 Å². The van der Waals surface area contributed by atoms with E-state index in [0.29, 0.717) is 11.6 Å². The highest BCUT2D eigenvalue weighted by Gasteiger charge is 2.18. The van der Waals surface area contributed by atoms with E-state index in [0.717, 1.165) is 30.2 Å². The molecule has 3 aromatic rings. The molecule has 140 valence electrons. The predicted molar refractivity (Wildman–Crippen MR) is 98.2 cm³/mol. The molecular formula is C19H21N5O3. The summed E-state index contributed by atoms with van der Waals surface area (Å²) < 4.78 is 10.5. The summed E-state index contributed by atoms with van der Waals surface area (Å²) in [6.07, 6.45) is 5.34. The van der Waals surface area contributed by atoms with Crippen LogP contribution in [0.4, 0.5) is 5.82 Å². The van der Waals surface area contributed by atoms with Gasteiger partial charge in [0.15, 0.2) is 0 Å². The van der Waals surface area contributed by atoms with Crippen LogP contribution in [0.25, 0.3) is 11.4 Å². The summed E-state index contributed by atoms with van der Waals surface area (Å²) in [7, 11) is 0. The molecule has 0 aromatic carbocycles. The van der Waals surface area contributed by atoms with Crippen LogP contribution < -0.4 is 10.2 Å². The predicted octanol–water partition coefficient (Wildman–Crippen LogP) is 2.95. The Morgan fingerprint density at radius 3 is 2.85 bits per heavy atom. The number of aromatic nitrogens is 3. The molecule has 0 aliphatic carbocycles. The average Bonchev–Trinajstić information content (AvgIpc) is 3.36. The second kappa shape index (κ2) is 7.61. The van der Waals surface area contributed by atoms with Crippen molar-refractivity contribution >= 4 is 11.7 Å². The number of carbonyl (C=O) groups excluding carboxylic acids is 1. The number of piperidine rings is 1. The smallest absolute Gasteiger partial charge is 0.316 e. The highest BCUT2D eigenvalue weighted by Crippen LogP contribution is 2.23. The monoisotopic (exact) mass is 367 g/mol. The Kier molecular flexibility index (Phi) is 4.86. The average molecular weight is 367 g/mol. The first kappa shape index (κ1) is 17.3. The van der Waals surface area contributed by atoms with Crippen LogP contribution in [0.5, 0.6) is 0 Å². The summed E-state index contributed by atoms with van der Waals surface area (Å²) in [5.41, 5.74) is 0.773. The zero-order valence-corrected chi connectivity index (χ0v) is 15.1. The Morgan fingerprint density at radius 1 is 1.22 bits per heavy atom. The van der Waals surface area contributed by atoms with E-state index in [4.69, 9.17) is 8.94 Å². The summed E-state index contributed by atoms with van der Waals surface area (Å²) in [5.74, 6) is 2.21. The molecule has 4 rings (SSSR count). The topological polar surface area (TPSA) is 97.3 Å². The van der Waals surface area contributed by atoms with Gasteiger partial charge in [0.2, 0.25) is 5.82 Å². The fourth-order valence-corrected chi connectivity index (χ4v) is 3.11. The molecule has 1 aliphatic rings. The van der Waals surface area contributed by atoms with Gasteiger partial charge in [0.05, 0.1) is 6.54 Å². The SMILES string of the molecule is Cc1ccc(CNC(=O)c2nc(-c3ccnc(N4CCCCC4)c3)no2)o1. The van der Waals surface area contributed by atoms with Crippen molar-refractivity contribution in [1.29, 1.82) is 0 Å². The van der Waals surface area contributed by atoms with Crippen molar-refractivity contribution in [2.45, 2.75) is 32.7 Å². The van der Waals surface area contributed by atoms with Gasteiger partial charge < -0.3 is 19.2 Å². The molecular weight excluding hydrogens is 346 g/mol. The number of carbonyl (C=O) groups is 1. The van der Waals surface area contributed by atoms with Crippen LogP contribution in [-0.2, 0) is 6.54 Å². The first-order chi connectivity index (χ1) is 13.2. The lowest BCUT2D eigenvalue weighted by Gasteiger charge is -2.27. The van der Waals surface area contributed by atoms with E-state index in [1.165, 1.54) is 19.3 Å².